The number of aliphatic hydroxyl groups excluding tert-OH is 1. The molecule has 1 aromatic carbocycles. The molecule has 1 fully saturated rings. The van der Waals surface area contributed by atoms with E-state index < -0.39 is 12.1 Å². The summed E-state index contributed by atoms with van der Waals surface area (Å²) in [4.78, 5) is 0. The van der Waals surface area contributed by atoms with Gasteiger partial charge in [0.1, 0.15) is 5.82 Å². The summed E-state index contributed by atoms with van der Waals surface area (Å²) in [5.74, 6) is -0.0757. The minimum atomic E-state index is -0.571. The van der Waals surface area contributed by atoms with Gasteiger partial charge in [-0.1, -0.05) is 18.9 Å². The highest BCUT2D eigenvalue weighted by molar-refractivity contribution is 9.10. The number of nitrogens with two attached hydrogens (primary N) is 1. The molecule has 2 rings (SSSR count). The molecule has 0 saturated heterocycles. The number of hydrogen-bond acceptors (Lipinski definition) is 2. The van der Waals surface area contributed by atoms with Crippen molar-refractivity contribution in [3.8, 4) is 0 Å². The monoisotopic (exact) mass is 337 g/mol. The second-order valence-corrected chi connectivity index (χ2v) is 5.59. The Labute approximate surface area is 121 Å². The summed E-state index contributed by atoms with van der Waals surface area (Å²) in [6.07, 6.45) is 3.78. The molecule has 1 aliphatic rings. The molecule has 1 aliphatic carbocycles. The predicted molar refractivity (Wildman–Crippen MR) is 76.2 cm³/mol. The molecule has 0 amide bonds. The van der Waals surface area contributed by atoms with Crippen molar-refractivity contribution in [2.75, 3.05) is 0 Å². The van der Waals surface area contributed by atoms with E-state index in [2.05, 4.69) is 15.9 Å². The van der Waals surface area contributed by atoms with Crippen LogP contribution in [-0.2, 0) is 0 Å². The van der Waals surface area contributed by atoms with Gasteiger partial charge in [0.2, 0.25) is 0 Å². The van der Waals surface area contributed by atoms with Crippen molar-refractivity contribution in [2.45, 2.75) is 37.8 Å². The van der Waals surface area contributed by atoms with Gasteiger partial charge in [-0.2, -0.15) is 0 Å². The van der Waals surface area contributed by atoms with Crippen molar-refractivity contribution in [3.05, 3.63) is 34.1 Å². The highest BCUT2D eigenvalue weighted by atomic mass is 79.9. The molecule has 18 heavy (non-hydrogen) atoms. The van der Waals surface area contributed by atoms with Crippen LogP contribution in [0.2, 0.25) is 0 Å². The summed E-state index contributed by atoms with van der Waals surface area (Å²) in [5.41, 5.74) is 6.66. The lowest BCUT2D eigenvalue weighted by Gasteiger charge is -2.24. The molecule has 0 spiro atoms. The average Bonchev–Trinajstić information content (AvgIpc) is 2.84. The maximum atomic E-state index is 13.4. The van der Waals surface area contributed by atoms with Crippen LogP contribution in [0.3, 0.4) is 0 Å². The normalized spacial score (nSPS) is 19.3. The van der Waals surface area contributed by atoms with Crippen molar-refractivity contribution in [1.82, 2.24) is 0 Å². The van der Waals surface area contributed by atoms with Crippen LogP contribution >= 0.6 is 28.3 Å². The van der Waals surface area contributed by atoms with Gasteiger partial charge in [-0.25, -0.2) is 4.39 Å². The highest BCUT2D eigenvalue weighted by Gasteiger charge is 2.28. The first kappa shape index (κ1) is 15.9. The third-order valence-electron chi connectivity index (χ3n) is 3.58. The van der Waals surface area contributed by atoms with E-state index in [4.69, 9.17) is 5.73 Å². The standard InChI is InChI=1S/C13H17BrFNO.ClH/c14-10-6-5-9(7-11(10)15)12(16)13(17)8-3-1-2-4-8;/h5-8,12-13,17H,1-4,16H2;1H/t12-,13+;/m1./s1. The molecule has 1 saturated carbocycles. The quantitative estimate of drug-likeness (QED) is 0.885. The Bertz CT molecular complexity index is 399. The topological polar surface area (TPSA) is 46.2 Å². The molecule has 3 N–H and O–H groups in total. The highest BCUT2D eigenvalue weighted by Crippen LogP contribution is 2.33. The minimum Gasteiger partial charge on any atom is -0.391 e. The van der Waals surface area contributed by atoms with E-state index in [0.29, 0.717) is 10.0 Å². The van der Waals surface area contributed by atoms with Gasteiger partial charge in [0.25, 0.3) is 0 Å². The first-order valence-corrected chi connectivity index (χ1v) is 6.77. The molecule has 5 heteroatoms. The van der Waals surface area contributed by atoms with Gasteiger partial charge < -0.3 is 10.8 Å². The Morgan fingerprint density at radius 3 is 2.50 bits per heavy atom. The molecule has 1 aromatic rings. The summed E-state index contributed by atoms with van der Waals surface area (Å²) in [6.45, 7) is 0. The van der Waals surface area contributed by atoms with E-state index in [1.165, 1.54) is 6.07 Å². The van der Waals surface area contributed by atoms with E-state index in [9.17, 15) is 9.50 Å². The predicted octanol–water partition coefficient (Wildman–Crippen LogP) is 3.56. The summed E-state index contributed by atoms with van der Waals surface area (Å²) >= 11 is 3.10. The smallest absolute Gasteiger partial charge is 0.137 e. The fourth-order valence-electron chi connectivity index (χ4n) is 2.51. The maximum absolute atomic E-state index is 13.4. The maximum Gasteiger partial charge on any atom is 0.137 e. The van der Waals surface area contributed by atoms with Gasteiger partial charge in [-0.05, 0) is 52.4 Å². The van der Waals surface area contributed by atoms with Crippen molar-refractivity contribution in [3.63, 3.8) is 0 Å². The largest absolute Gasteiger partial charge is 0.391 e. The first-order chi connectivity index (χ1) is 8.09. The second kappa shape index (κ2) is 6.85. The second-order valence-electron chi connectivity index (χ2n) is 4.73. The Morgan fingerprint density at radius 2 is 1.94 bits per heavy atom. The van der Waals surface area contributed by atoms with Crippen LogP contribution in [0, 0.1) is 11.7 Å². The molecule has 102 valence electrons. The first-order valence-electron chi connectivity index (χ1n) is 5.98. The van der Waals surface area contributed by atoms with Crippen LogP contribution in [0.25, 0.3) is 0 Å². The van der Waals surface area contributed by atoms with Crippen LogP contribution in [-0.4, -0.2) is 11.2 Å². The van der Waals surface area contributed by atoms with E-state index in [1.807, 2.05) is 0 Å². The van der Waals surface area contributed by atoms with Crippen LogP contribution in [0.5, 0.6) is 0 Å². The average molecular weight is 339 g/mol. The Morgan fingerprint density at radius 1 is 1.33 bits per heavy atom. The molecular weight excluding hydrogens is 321 g/mol. The molecule has 0 heterocycles. The lowest BCUT2D eigenvalue weighted by atomic mass is 9.91. The van der Waals surface area contributed by atoms with Crippen molar-refractivity contribution < 1.29 is 9.50 Å². The van der Waals surface area contributed by atoms with Gasteiger partial charge in [-0.15, -0.1) is 12.4 Å². The molecule has 2 nitrogen and oxygen atoms in total. The molecule has 0 aliphatic heterocycles. The van der Waals surface area contributed by atoms with Gasteiger partial charge >= 0.3 is 0 Å². The summed E-state index contributed by atoms with van der Waals surface area (Å²) < 4.78 is 13.8. The zero-order valence-electron chi connectivity index (χ0n) is 9.98. The fourth-order valence-corrected chi connectivity index (χ4v) is 2.76. The molecule has 0 unspecified atom stereocenters. The van der Waals surface area contributed by atoms with E-state index in [-0.39, 0.29) is 24.1 Å². The molecule has 0 aromatic heterocycles. The lowest BCUT2D eigenvalue weighted by Crippen LogP contribution is -2.32. The van der Waals surface area contributed by atoms with Gasteiger partial charge in [0.05, 0.1) is 16.6 Å². The Kier molecular flexibility index (Phi) is 6.05. The summed E-state index contributed by atoms with van der Waals surface area (Å²) in [7, 11) is 0. The molecule has 2 atom stereocenters. The third-order valence-corrected chi connectivity index (χ3v) is 4.22. The SMILES string of the molecule is Cl.N[C@H](c1ccc(Br)c(F)c1)[C@@H](O)C1CCCC1. The van der Waals surface area contributed by atoms with Crippen LogP contribution in [0.4, 0.5) is 4.39 Å². The molecule has 0 bridgehead atoms. The number of aliphatic hydroxyl groups is 1. The van der Waals surface area contributed by atoms with Crippen LogP contribution < -0.4 is 5.73 Å². The van der Waals surface area contributed by atoms with Crippen LogP contribution in [0.1, 0.15) is 37.3 Å². The van der Waals surface area contributed by atoms with Crippen molar-refractivity contribution >= 4 is 28.3 Å². The lowest BCUT2D eigenvalue weighted by molar-refractivity contribution is 0.0844. The molecular formula is C13H18BrClFNO. The van der Waals surface area contributed by atoms with Crippen LogP contribution in [0.15, 0.2) is 22.7 Å². The van der Waals surface area contributed by atoms with Gasteiger partial charge in [0.15, 0.2) is 0 Å². The Balaban J connectivity index is 0.00000162. The number of halogens is 3. The van der Waals surface area contributed by atoms with Gasteiger partial charge in [0, 0.05) is 0 Å². The Hall–Kier alpha value is -0.160. The zero-order valence-corrected chi connectivity index (χ0v) is 12.4. The van der Waals surface area contributed by atoms with E-state index >= 15 is 0 Å². The van der Waals surface area contributed by atoms with E-state index in [1.54, 1.807) is 12.1 Å². The van der Waals surface area contributed by atoms with Crippen molar-refractivity contribution in [2.24, 2.45) is 11.7 Å². The number of hydrogen-bond donors (Lipinski definition) is 2. The fraction of sp³-hybridized carbons (Fsp3) is 0.538. The summed E-state index contributed by atoms with van der Waals surface area (Å²) in [6, 6.07) is 4.29. The minimum absolute atomic E-state index is 0. The number of rotatable bonds is 3. The van der Waals surface area contributed by atoms with Crippen molar-refractivity contribution in [1.29, 1.82) is 0 Å². The van der Waals surface area contributed by atoms with E-state index in [0.717, 1.165) is 25.7 Å². The molecule has 0 radical (unpaired) electrons. The number of benzene rings is 1. The zero-order chi connectivity index (χ0) is 12.4. The third kappa shape index (κ3) is 3.44. The summed E-state index contributed by atoms with van der Waals surface area (Å²) in [5, 5.41) is 10.2. The van der Waals surface area contributed by atoms with Gasteiger partial charge in [-0.3, -0.25) is 0 Å².